The number of anilines is 1. The summed E-state index contributed by atoms with van der Waals surface area (Å²) in [4.78, 5) is 16.3. The third-order valence-electron chi connectivity index (χ3n) is 5.13. The Bertz CT molecular complexity index is 1110. The minimum absolute atomic E-state index is 0.396. The van der Waals surface area contributed by atoms with Crippen LogP contribution >= 0.6 is 11.3 Å². The summed E-state index contributed by atoms with van der Waals surface area (Å²) in [7, 11) is 0. The third-order valence-corrected chi connectivity index (χ3v) is 6.32. The molecule has 6 heteroatoms. The molecule has 0 amide bonds. The Balaban J connectivity index is 1.54. The predicted octanol–water partition coefficient (Wildman–Crippen LogP) is 4.39. The minimum Gasteiger partial charge on any atom is -0.387 e. The standard InChI is InChI=1S/C22H20N4OS/c27-17(14-6-2-1-3-7-14)13-24-21-19-16-9-4-10-18(16)28-22(19)26-20(25-21)15-8-5-11-23-12-15/h1-3,5-8,11-12,17,27H,4,9-10,13H2,(H,24,25,26)/t17-/m0/s1. The Hall–Kier alpha value is -2.83. The van der Waals surface area contributed by atoms with E-state index in [0.29, 0.717) is 12.4 Å². The van der Waals surface area contributed by atoms with Gasteiger partial charge in [0, 0.05) is 29.4 Å². The number of nitrogens with zero attached hydrogens (tertiary/aromatic N) is 3. The normalized spacial score (nSPS) is 14.2. The van der Waals surface area contributed by atoms with Gasteiger partial charge in [0.15, 0.2) is 5.82 Å². The highest BCUT2D eigenvalue weighted by Crippen LogP contribution is 2.40. The Kier molecular flexibility index (Phi) is 4.50. The molecule has 1 aliphatic carbocycles. The molecule has 1 aromatic carbocycles. The first-order valence-electron chi connectivity index (χ1n) is 9.49. The van der Waals surface area contributed by atoms with Gasteiger partial charge in [-0.1, -0.05) is 30.3 Å². The molecule has 1 atom stereocenters. The van der Waals surface area contributed by atoms with Crippen LogP contribution in [0.3, 0.4) is 0 Å². The molecule has 5 nitrogen and oxygen atoms in total. The fraction of sp³-hybridized carbons (Fsp3) is 0.227. The van der Waals surface area contributed by atoms with Crippen molar-refractivity contribution >= 4 is 27.4 Å². The van der Waals surface area contributed by atoms with Gasteiger partial charge in [0.05, 0.1) is 11.5 Å². The SMILES string of the molecule is O[C@@H](CNc1nc(-c2cccnc2)nc2sc3c(c12)CCC3)c1ccccc1. The number of aliphatic hydroxyl groups excluding tert-OH is 1. The zero-order valence-corrected chi connectivity index (χ0v) is 16.1. The number of fused-ring (bicyclic) bond motifs is 3. The van der Waals surface area contributed by atoms with Crippen LogP contribution in [0, 0.1) is 0 Å². The van der Waals surface area contributed by atoms with Gasteiger partial charge in [-0.3, -0.25) is 4.98 Å². The summed E-state index contributed by atoms with van der Waals surface area (Å²) in [5, 5.41) is 15.1. The lowest BCUT2D eigenvalue weighted by Crippen LogP contribution is -2.13. The fourth-order valence-electron chi connectivity index (χ4n) is 3.73. The second-order valence-electron chi connectivity index (χ2n) is 6.98. The molecule has 1 aliphatic rings. The summed E-state index contributed by atoms with van der Waals surface area (Å²) in [6.07, 6.45) is 6.31. The molecule has 0 spiro atoms. The van der Waals surface area contributed by atoms with Crippen molar-refractivity contribution in [3.63, 3.8) is 0 Å². The van der Waals surface area contributed by atoms with Gasteiger partial charge in [0.2, 0.25) is 0 Å². The Morgan fingerprint density at radius 2 is 1.96 bits per heavy atom. The van der Waals surface area contributed by atoms with Crippen molar-refractivity contribution in [1.29, 1.82) is 0 Å². The lowest BCUT2D eigenvalue weighted by molar-refractivity contribution is 0.191. The zero-order chi connectivity index (χ0) is 18.9. The van der Waals surface area contributed by atoms with E-state index in [1.807, 2.05) is 42.5 Å². The molecule has 0 unspecified atom stereocenters. The van der Waals surface area contributed by atoms with E-state index in [9.17, 15) is 5.11 Å². The quantitative estimate of drug-likeness (QED) is 0.531. The molecule has 4 aromatic rings. The summed E-state index contributed by atoms with van der Waals surface area (Å²) in [5.41, 5.74) is 3.15. The molecular formula is C22H20N4OS. The van der Waals surface area contributed by atoms with Crippen LogP contribution in [-0.2, 0) is 12.8 Å². The highest BCUT2D eigenvalue weighted by atomic mass is 32.1. The number of aliphatic hydroxyl groups is 1. The number of thiophene rings is 1. The van der Waals surface area contributed by atoms with Crippen LogP contribution in [-0.4, -0.2) is 26.6 Å². The lowest BCUT2D eigenvalue weighted by atomic mass is 10.1. The molecule has 3 heterocycles. The van der Waals surface area contributed by atoms with Crippen molar-refractivity contribution in [3.05, 3.63) is 70.9 Å². The van der Waals surface area contributed by atoms with Gasteiger partial charge in [0.1, 0.15) is 10.6 Å². The number of rotatable bonds is 5. The molecule has 0 saturated carbocycles. The van der Waals surface area contributed by atoms with E-state index in [1.54, 1.807) is 23.7 Å². The molecule has 2 N–H and O–H groups in total. The number of benzene rings is 1. The van der Waals surface area contributed by atoms with E-state index < -0.39 is 6.10 Å². The second-order valence-corrected chi connectivity index (χ2v) is 8.07. The van der Waals surface area contributed by atoms with E-state index in [1.165, 1.54) is 16.9 Å². The van der Waals surface area contributed by atoms with Gasteiger partial charge in [-0.05, 0) is 42.5 Å². The van der Waals surface area contributed by atoms with Crippen LogP contribution in [0.25, 0.3) is 21.6 Å². The number of hydrogen-bond donors (Lipinski definition) is 2. The average Bonchev–Trinajstić information content (AvgIpc) is 3.34. The van der Waals surface area contributed by atoms with Crippen molar-refractivity contribution in [2.24, 2.45) is 0 Å². The number of pyridine rings is 1. The molecule has 0 saturated heterocycles. The summed E-state index contributed by atoms with van der Waals surface area (Å²) in [6, 6.07) is 13.6. The topological polar surface area (TPSA) is 70.9 Å². The minimum atomic E-state index is -0.597. The molecule has 0 fully saturated rings. The molecule has 5 rings (SSSR count). The molecule has 3 aromatic heterocycles. The number of hydrogen-bond acceptors (Lipinski definition) is 6. The van der Waals surface area contributed by atoms with E-state index in [0.717, 1.165) is 40.0 Å². The van der Waals surface area contributed by atoms with Crippen LogP contribution in [0.1, 0.15) is 28.5 Å². The van der Waals surface area contributed by atoms with Gasteiger partial charge in [0.25, 0.3) is 0 Å². The van der Waals surface area contributed by atoms with E-state index >= 15 is 0 Å². The summed E-state index contributed by atoms with van der Waals surface area (Å²) in [5.74, 6) is 1.47. The van der Waals surface area contributed by atoms with Gasteiger partial charge in [-0.25, -0.2) is 9.97 Å². The van der Waals surface area contributed by atoms with E-state index in [2.05, 4.69) is 10.3 Å². The zero-order valence-electron chi connectivity index (χ0n) is 15.3. The molecule has 140 valence electrons. The van der Waals surface area contributed by atoms with Crippen LogP contribution in [0.15, 0.2) is 54.9 Å². The first-order valence-corrected chi connectivity index (χ1v) is 10.3. The monoisotopic (exact) mass is 388 g/mol. The molecule has 0 radical (unpaired) electrons. The lowest BCUT2D eigenvalue weighted by Gasteiger charge is -2.14. The van der Waals surface area contributed by atoms with Crippen LogP contribution in [0.5, 0.6) is 0 Å². The Labute approximate surface area is 167 Å². The summed E-state index contributed by atoms with van der Waals surface area (Å²) in [6.45, 7) is 0.396. The Morgan fingerprint density at radius 3 is 2.79 bits per heavy atom. The number of aryl methyl sites for hydroxylation is 2. The van der Waals surface area contributed by atoms with E-state index in [-0.39, 0.29) is 0 Å². The maximum atomic E-state index is 10.6. The molecular weight excluding hydrogens is 368 g/mol. The van der Waals surface area contributed by atoms with Crippen molar-refractivity contribution in [1.82, 2.24) is 15.0 Å². The first-order chi connectivity index (χ1) is 13.8. The smallest absolute Gasteiger partial charge is 0.164 e. The van der Waals surface area contributed by atoms with Crippen molar-refractivity contribution in [2.75, 3.05) is 11.9 Å². The van der Waals surface area contributed by atoms with Crippen molar-refractivity contribution in [3.8, 4) is 11.4 Å². The van der Waals surface area contributed by atoms with Crippen LogP contribution in [0.2, 0.25) is 0 Å². The van der Waals surface area contributed by atoms with E-state index in [4.69, 9.17) is 9.97 Å². The maximum Gasteiger partial charge on any atom is 0.164 e. The Morgan fingerprint density at radius 1 is 1.07 bits per heavy atom. The molecule has 0 aliphatic heterocycles. The van der Waals surface area contributed by atoms with Crippen LogP contribution in [0.4, 0.5) is 5.82 Å². The fourth-order valence-corrected chi connectivity index (χ4v) is 5.00. The first kappa shape index (κ1) is 17.3. The number of nitrogens with one attached hydrogen (secondary N) is 1. The molecule has 28 heavy (non-hydrogen) atoms. The van der Waals surface area contributed by atoms with Crippen molar-refractivity contribution < 1.29 is 5.11 Å². The largest absolute Gasteiger partial charge is 0.387 e. The average molecular weight is 388 g/mol. The highest BCUT2D eigenvalue weighted by molar-refractivity contribution is 7.19. The predicted molar refractivity (Wildman–Crippen MR) is 113 cm³/mol. The van der Waals surface area contributed by atoms with Gasteiger partial charge in [-0.15, -0.1) is 11.3 Å². The summed E-state index contributed by atoms with van der Waals surface area (Å²) >= 11 is 1.77. The van der Waals surface area contributed by atoms with Gasteiger partial charge < -0.3 is 10.4 Å². The highest BCUT2D eigenvalue weighted by Gasteiger charge is 2.23. The molecule has 0 bridgehead atoms. The number of aromatic nitrogens is 3. The van der Waals surface area contributed by atoms with Crippen molar-refractivity contribution in [2.45, 2.75) is 25.4 Å². The third kappa shape index (κ3) is 3.15. The second kappa shape index (κ2) is 7.30. The summed E-state index contributed by atoms with van der Waals surface area (Å²) < 4.78 is 0. The van der Waals surface area contributed by atoms with Crippen LogP contribution < -0.4 is 5.32 Å². The van der Waals surface area contributed by atoms with Gasteiger partial charge in [-0.2, -0.15) is 0 Å². The maximum absolute atomic E-state index is 10.6. The van der Waals surface area contributed by atoms with Gasteiger partial charge >= 0.3 is 0 Å².